The van der Waals surface area contributed by atoms with Crippen molar-refractivity contribution in [1.29, 1.82) is 0 Å². The molecule has 1 heterocycles. The lowest BCUT2D eigenvalue weighted by Gasteiger charge is -2.14. The molecule has 1 aliphatic heterocycles. The molecule has 1 saturated heterocycles. The minimum atomic E-state index is -0.297. The van der Waals surface area contributed by atoms with Gasteiger partial charge in [0.2, 0.25) is 0 Å². The molecular formula is C27H29BrFNO2. The Balaban J connectivity index is 1.57. The van der Waals surface area contributed by atoms with Crippen LogP contribution < -0.4 is 0 Å². The maximum Gasteiger partial charge on any atom is 0.337 e. The highest BCUT2D eigenvalue weighted by Gasteiger charge is 2.20. The first-order valence-corrected chi connectivity index (χ1v) is 12.1. The van der Waals surface area contributed by atoms with Gasteiger partial charge in [0.05, 0.1) is 19.3 Å². The van der Waals surface area contributed by atoms with Gasteiger partial charge < -0.3 is 4.74 Å². The number of alkyl halides is 1. The third-order valence-corrected chi connectivity index (χ3v) is 7.06. The Bertz CT molecular complexity index is 1040. The van der Waals surface area contributed by atoms with E-state index in [1.807, 2.05) is 18.2 Å². The van der Waals surface area contributed by atoms with Gasteiger partial charge in [-0.2, -0.15) is 0 Å². The quantitative estimate of drug-likeness (QED) is 0.431. The smallest absolute Gasteiger partial charge is 0.337 e. The molecule has 2 aromatic rings. The van der Waals surface area contributed by atoms with Crippen molar-refractivity contribution in [3.8, 4) is 0 Å². The second kappa shape index (κ2) is 10.6. The molecule has 4 rings (SSSR count). The zero-order valence-corrected chi connectivity index (χ0v) is 20.1. The highest BCUT2D eigenvalue weighted by atomic mass is 79.9. The Morgan fingerprint density at radius 3 is 2.72 bits per heavy atom. The number of carbonyl (C=O) groups is 1. The van der Waals surface area contributed by atoms with E-state index in [-0.39, 0.29) is 12.6 Å². The number of benzene rings is 2. The molecule has 1 aliphatic carbocycles. The van der Waals surface area contributed by atoms with Gasteiger partial charge in [0.1, 0.15) is 0 Å². The number of hydrogen-bond donors (Lipinski definition) is 0. The molecule has 0 radical (unpaired) electrons. The van der Waals surface area contributed by atoms with Gasteiger partial charge in [0.15, 0.2) is 0 Å². The van der Waals surface area contributed by atoms with E-state index in [9.17, 15) is 9.18 Å². The van der Waals surface area contributed by atoms with Crippen molar-refractivity contribution < 1.29 is 13.9 Å². The maximum atomic E-state index is 12.4. The van der Waals surface area contributed by atoms with Crippen molar-refractivity contribution in [3.05, 3.63) is 80.3 Å². The molecule has 0 spiro atoms. The highest BCUT2D eigenvalue weighted by Crippen LogP contribution is 2.38. The average molecular weight is 498 g/mol. The lowest BCUT2D eigenvalue weighted by molar-refractivity contribution is 0.0600. The van der Waals surface area contributed by atoms with Gasteiger partial charge in [-0.25, -0.2) is 4.79 Å². The SMILES string of the molecule is COC(=O)c1ccc2c(c1)CCCC(Br)=C2c1ccc(/C=C2/CCN(CCCF)C2)cc1. The molecule has 1 fully saturated rings. The van der Waals surface area contributed by atoms with Gasteiger partial charge in [0, 0.05) is 24.1 Å². The van der Waals surface area contributed by atoms with Gasteiger partial charge in [0.25, 0.3) is 0 Å². The summed E-state index contributed by atoms with van der Waals surface area (Å²) in [6.07, 6.45) is 6.88. The van der Waals surface area contributed by atoms with Crippen molar-refractivity contribution >= 4 is 33.5 Å². The van der Waals surface area contributed by atoms with Crippen LogP contribution in [0.5, 0.6) is 0 Å². The highest BCUT2D eigenvalue weighted by molar-refractivity contribution is 9.11. The third kappa shape index (κ3) is 5.21. The lowest BCUT2D eigenvalue weighted by Crippen LogP contribution is -2.20. The fourth-order valence-corrected chi connectivity index (χ4v) is 5.35. The van der Waals surface area contributed by atoms with E-state index >= 15 is 0 Å². The fraction of sp³-hybridized carbons (Fsp3) is 0.370. The first-order chi connectivity index (χ1) is 15.6. The molecule has 2 aliphatic rings. The third-order valence-electron chi connectivity index (χ3n) is 6.26. The van der Waals surface area contributed by atoms with E-state index in [1.54, 1.807) is 0 Å². The van der Waals surface area contributed by atoms with Crippen LogP contribution in [0.2, 0.25) is 0 Å². The van der Waals surface area contributed by atoms with Gasteiger partial charge in [-0.15, -0.1) is 0 Å². The molecule has 0 atom stereocenters. The Morgan fingerprint density at radius 1 is 1.16 bits per heavy atom. The number of methoxy groups -OCH3 is 1. The van der Waals surface area contributed by atoms with Gasteiger partial charge in [-0.3, -0.25) is 9.29 Å². The summed E-state index contributed by atoms with van der Waals surface area (Å²) in [4.78, 5) is 14.3. The van der Waals surface area contributed by atoms with Gasteiger partial charge >= 0.3 is 5.97 Å². The molecule has 168 valence electrons. The number of likely N-dealkylation sites (tertiary alicyclic amines) is 1. The van der Waals surface area contributed by atoms with E-state index in [0.29, 0.717) is 12.0 Å². The van der Waals surface area contributed by atoms with Crippen LogP contribution in [0, 0.1) is 0 Å². The fourth-order valence-electron chi connectivity index (χ4n) is 4.63. The summed E-state index contributed by atoms with van der Waals surface area (Å²) in [6.45, 7) is 2.56. The summed E-state index contributed by atoms with van der Waals surface area (Å²) in [5.41, 5.74) is 7.93. The first kappa shape index (κ1) is 22.9. The molecule has 0 aromatic heterocycles. The van der Waals surface area contributed by atoms with Crippen molar-refractivity contribution in [3.63, 3.8) is 0 Å². The van der Waals surface area contributed by atoms with Crippen LogP contribution in [0.1, 0.15) is 58.3 Å². The second-order valence-corrected chi connectivity index (χ2v) is 9.45. The Kier molecular flexibility index (Phi) is 7.59. The summed E-state index contributed by atoms with van der Waals surface area (Å²) in [6, 6.07) is 14.6. The number of allylic oxidation sites excluding steroid dienone is 1. The maximum absolute atomic E-state index is 12.4. The number of rotatable bonds is 6. The largest absolute Gasteiger partial charge is 0.465 e. The Hall–Kier alpha value is -2.24. The number of halogens is 2. The molecule has 0 N–H and O–H groups in total. The molecule has 0 amide bonds. The lowest BCUT2D eigenvalue weighted by atomic mass is 9.92. The monoisotopic (exact) mass is 497 g/mol. The second-order valence-electron chi connectivity index (χ2n) is 8.49. The van der Waals surface area contributed by atoms with E-state index in [4.69, 9.17) is 4.74 Å². The van der Waals surface area contributed by atoms with Crippen molar-refractivity contribution in [2.75, 3.05) is 33.4 Å². The summed E-state index contributed by atoms with van der Waals surface area (Å²) in [7, 11) is 1.42. The topological polar surface area (TPSA) is 29.5 Å². The number of aryl methyl sites for hydroxylation is 1. The molecule has 0 bridgehead atoms. The van der Waals surface area contributed by atoms with Gasteiger partial charge in [-0.05, 0) is 72.1 Å². The van der Waals surface area contributed by atoms with Crippen LogP contribution in [0.3, 0.4) is 0 Å². The molecule has 32 heavy (non-hydrogen) atoms. The van der Waals surface area contributed by atoms with E-state index in [0.717, 1.165) is 45.3 Å². The Labute approximate surface area is 198 Å². The van der Waals surface area contributed by atoms with Crippen LogP contribution >= 0.6 is 15.9 Å². The number of fused-ring (bicyclic) bond motifs is 1. The summed E-state index contributed by atoms with van der Waals surface area (Å²) in [5, 5.41) is 0. The summed E-state index contributed by atoms with van der Waals surface area (Å²) < 4.78 is 18.5. The molecular weight excluding hydrogens is 469 g/mol. The zero-order valence-electron chi connectivity index (χ0n) is 18.5. The van der Waals surface area contributed by atoms with Crippen LogP contribution in [0.25, 0.3) is 11.6 Å². The predicted molar refractivity (Wildman–Crippen MR) is 132 cm³/mol. The number of hydrogen-bond acceptors (Lipinski definition) is 3. The molecule has 0 unspecified atom stereocenters. The average Bonchev–Trinajstić information content (AvgIpc) is 3.19. The van der Waals surface area contributed by atoms with Crippen LogP contribution in [-0.2, 0) is 11.2 Å². The van der Waals surface area contributed by atoms with Crippen LogP contribution in [-0.4, -0.2) is 44.3 Å². The molecule has 5 heteroatoms. The minimum absolute atomic E-state index is 0.241. The van der Waals surface area contributed by atoms with Crippen molar-refractivity contribution in [2.24, 2.45) is 0 Å². The summed E-state index contributed by atoms with van der Waals surface area (Å²) >= 11 is 3.83. The number of esters is 1. The number of nitrogens with zero attached hydrogens (tertiary/aromatic N) is 1. The van der Waals surface area contributed by atoms with E-state index in [2.05, 4.69) is 51.2 Å². The molecule has 2 aromatic carbocycles. The Morgan fingerprint density at radius 2 is 1.97 bits per heavy atom. The molecule has 3 nitrogen and oxygen atoms in total. The minimum Gasteiger partial charge on any atom is -0.465 e. The van der Waals surface area contributed by atoms with Crippen molar-refractivity contribution in [2.45, 2.75) is 32.1 Å². The molecule has 0 saturated carbocycles. The summed E-state index contributed by atoms with van der Waals surface area (Å²) in [5.74, 6) is -0.297. The normalized spacial score (nSPS) is 18.0. The van der Waals surface area contributed by atoms with Crippen molar-refractivity contribution in [1.82, 2.24) is 4.90 Å². The standard InChI is InChI=1S/C27H29BrFNO2/c1-32-27(31)23-10-11-24-22(17-23)4-2-5-25(28)26(24)21-8-6-19(7-9-21)16-20-12-15-30(18-20)14-3-13-29/h6-11,16-17H,2-5,12-15,18H2,1H3/b20-16-. The van der Waals surface area contributed by atoms with Crippen LogP contribution in [0.15, 0.2) is 52.5 Å². The van der Waals surface area contributed by atoms with E-state index < -0.39 is 0 Å². The predicted octanol–water partition coefficient (Wildman–Crippen LogP) is 6.41. The number of carbonyl (C=O) groups excluding carboxylic acids is 1. The zero-order chi connectivity index (χ0) is 22.5. The van der Waals surface area contributed by atoms with E-state index in [1.165, 1.54) is 45.0 Å². The van der Waals surface area contributed by atoms with Crippen LogP contribution in [0.4, 0.5) is 4.39 Å². The first-order valence-electron chi connectivity index (χ1n) is 11.3. The number of ether oxygens (including phenoxy) is 1. The van der Waals surface area contributed by atoms with Gasteiger partial charge in [-0.1, -0.05) is 57.9 Å².